The molecule has 0 saturated heterocycles. The zero-order valence-electron chi connectivity index (χ0n) is 10.2. The molecule has 1 N–H and O–H groups in total. The molecule has 2 nitrogen and oxygen atoms in total. The number of hydrogen-bond acceptors (Lipinski definition) is 2. The summed E-state index contributed by atoms with van der Waals surface area (Å²) in [7, 11) is 0. The molecule has 86 valence electrons. The topological polar surface area (TPSA) is 44.0 Å². The van der Waals surface area contributed by atoms with Crippen molar-refractivity contribution in [2.75, 3.05) is 0 Å². The van der Waals surface area contributed by atoms with E-state index < -0.39 is 11.5 Å². The Bertz CT molecular complexity index is 245. The molecule has 1 aliphatic carbocycles. The Kier molecular flexibility index (Phi) is 4.16. The first-order valence-electron chi connectivity index (χ1n) is 6.15. The average molecular weight is 209 g/mol. The zero-order valence-corrected chi connectivity index (χ0v) is 10.2. The van der Waals surface area contributed by atoms with Gasteiger partial charge in [0.15, 0.2) is 0 Å². The van der Waals surface area contributed by atoms with Crippen LogP contribution in [0.1, 0.15) is 52.9 Å². The van der Waals surface area contributed by atoms with Crippen LogP contribution in [0, 0.1) is 28.6 Å². The van der Waals surface area contributed by atoms with Gasteiger partial charge in [0.05, 0.1) is 17.6 Å². The largest absolute Gasteiger partial charge is 0.391 e. The van der Waals surface area contributed by atoms with Crippen molar-refractivity contribution >= 4 is 0 Å². The predicted octanol–water partition coefficient (Wildman–Crippen LogP) is 3.11. The average Bonchev–Trinajstić information content (AvgIpc) is 2.60. The fourth-order valence-corrected chi connectivity index (χ4v) is 2.92. The van der Waals surface area contributed by atoms with E-state index in [4.69, 9.17) is 0 Å². The summed E-state index contributed by atoms with van der Waals surface area (Å²) in [4.78, 5) is 0. The first kappa shape index (κ1) is 12.5. The minimum atomic E-state index is -0.450. The molecule has 0 spiro atoms. The minimum Gasteiger partial charge on any atom is -0.391 e. The first-order chi connectivity index (χ1) is 7.05. The smallest absolute Gasteiger partial charge is 0.0837 e. The van der Waals surface area contributed by atoms with Crippen LogP contribution in [0.2, 0.25) is 0 Å². The first-order valence-corrected chi connectivity index (χ1v) is 6.15. The molecule has 0 aromatic heterocycles. The van der Waals surface area contributed by atoms with E-state index >= 15 is 0 Å². The van der Waals surface area contributed by atoms with Crippen LogP contribution < -0.4 is 0 Å². The minimum absolute atomic E-state index is 0.250. The third kappa shape index (κ3) is 2.52. The molecule has 0 aliphatic heterocycles. The summed E-state index contributed by atoms with van der Waals surface area (Å²) in [5.41, 5.74) is -0.450. The Morgan fingerprint density at radius 3 is 2.67 bits per heavy atom. The molecular formula is C13H23NO. The summed E-state index contributed by atoms with van der Waals surface area (Å²) in [6.07, 6.45) is 4.49. The number of aliphatic hydroxyl groups is 1. The summed E-state index contributed by atoms with van der Waals surface area (Å²) < 4.78 is 0. The summed E-state index contributed by atoms with van der Waals surface area (Å²) in [6, 6.07) is 2.40. The highest BCUT2D eigenvalue weighted by atomic mass is 16.3. The van der Waals surface area contributed by atoms with Crippen LogP contribution >= 0.6 is 0 Å². The van der Waals surface area contributed by atoms with Gasteiger partial charge in [-0.15, -0.1) is 0 Å². The molecule has 2 heteroatoms. The van der Waals surface area contributed by atoms with E-state index in [1.807, 2.05) is 0 Å². The Morgan fingerprint density at radius 2 is 2.27 bits per heavy atom. The quantitative estimate of drug-likeness (QED) is 0.773. The molecule has 0 bridgehead atoms. The number of nitrogens with zero attached hydrogens (tertiary/aromatic N) is 1. The lowest BCUT2D eigenvalue weighted by Gasteiger charge is -2.31. The van der Waals surface area contributed by atoms with E-state index in [-0.39, 0.29) is 5.92 Å². The Labute approximate surface area is 93.3 Å². The molecular weight excluding hydrogens is 186 g/mol. The third-order valence-corrected chi connectivity index (χ3v) is 3.87. The molecule has 15 heavy (non-hydrogen) atoms. The van der Waals surface area contributed by atoms with Crippen LogP contribution in [0.3, 0.4) is 0 Å². The molecule has 0 aromatic rings. The van der Waals surface area contributed by atoms with Gasteiger partial charge in [-0.1, -0.05) is 27.2 Å². The standard InChI is InChI=1S/C13H23NO/c1-4-5-11(3)12(15)13(9-14)7-6-10(2)8-13/h10-12,15H,4-8H2,1-3H3. The highest BCUT2D eigenvalue weighted by molar-refractivity contribution is 5.08. The van der Waals surface area contributed by atoms with E-state index in [0.29, 0.717) is 5.92 Å². The van der Waals surface area contributed by atoms with Crippen molar-refractivity contribution in [1.29, 1.82) is 5.26 Å². The van der Waals surface area contributed by atoms with Crippen LogP contribution in [0.4, 0.5) is 0 Å². The van der Waals surface area contributed by atoms with Crippen molar-refractivity contribution in [2.24, 2.45) is 17.3 Å². The summed E-state index contributed by atoms with van der Waals surface area (Å²) >= 11 is 0. The molecule has 4 unspecified atom stereocenters. The molecule has 0 heterocycles. The van der Waals surface area contributed by atoms with Gasteiger partial charge in [-0.3, -0.25) is 0 Å². The van der Waals surface area contributed by atoms with Crippen molar-refractivity contribution in [3.05, 3.63) is 0 Å². The molecule has 0 radical (unpaired) electrons. The maximum atomic E-state index is 10.3. The maximum absolute atomic E-state index is 10.3. The molecule has 1 saturated carbocycles. The third-order valence-electron chi connectivity index (χ3n) is 3.87. The van der Waals surface area contributed by atoms with Crippen LogP contribution in [0.15, 0.2) is 0 Å². The van der Waals surface area contributed by atoms with Gasteiger partial charge in [-0.25, -0.2) is 0 Å². The molecule has 1 fully saturated rings. The summed E-state index contributed by atoms with van der Waals surface area (Å²) in [5.74, 6) is 0.841. The van der Waals surface area contributed by atoms with Gasteiger partial charge in [0, 0.05) is 0 Å². The van der Waals surface area contributed by atoms with Gasteiger partial charge in [-0.2, -0.15) is 5.26 Å². The molecule has 1 aliphatic rings. The van der Waals surface area contributed by atoms with Gasteiger partial charge >= 0.3 is 0 Å². The Hall–Kier alpha value is -0.550. The van der Waals surface area contributed by atoms with Gasteiger partial charge in [0.2, 0.25) is 0 Å². The summed E-state index contributed by atoms with van der Waals surface area (Å²) in [6.45, 7) is 6.37. The second-order valence-corrected chi connectivity index (χ2v) is 5.33. The fraction of sp³-hybridized carbons (Fsp3) is 0.923. The van der Waals surface area contributed by atoms with E-state index in [1.54, 1.807) is 0 Å². The van der Waals surface area contributed by atoms with Crippen LogP contribution in [0.25, 0.3) is 0 Å². The lowest BCUT2D eigenvalue weighted by Crippen LogP contribution is -2.36. The predicted molar refractivity (Wildman–Crippen MR) is 61.1 cm³/mol. The van der Waals surface area contributed by atoms with E-state index in [1.165, 1.54) is 0 Å². The second-order valence-electron chi connectivity index (χ2n) is 5.33. The van der Waals surface area contributed by atoms with Crippen LogP contribution in [-0.2, 0) is 0 Å². The Balaban J connectivity index is 2.70. The lowest BCUT2D eigenvalue weighted by atomic mass is 9.75. The van der Waals surface area contributed by atoms with Crippen molar-refractivity contribution in [3.63, 3.8) is 0 Å². The SMILES string of the molecule is CCCC(C)C(O)C1(C#N)CCC(C)C1. The fourth-order valence-electron chi connectivity index (χ4n) is 2.92. The van der Waals surface area contributed by atoms with Crippen LogP contribution in [-0.4, -0.2) is 11.2 Å². The number of nitriles is 1. The molecule has 4 atom stereocenters. The highest BCUT2D eigenvalue weighted by Crippen LogP contribution is 2.46. The van der Waals surface area contributed by atoms with Crippen molar-refractivity contribution < 1.29 is 5.11 Å². The van der Waals surface area contributed by atoms with Gasteiger partial charge < -0.3 is 5.11 Å². The second kappa shape index (κ2) is 4.99. The van der Waals surface area contributed by atoms with Crippen molar-refractivity contribution in [1.82, 2.24) is 0 Å². The maximum Gasteiger partial charge on any atom is 0.0837 e. The van der Waals surface area contributed by atoms with Gasteiger partial charge in [0.25, 0.3) is 0 Å². The number of hydrogen-bond donors (Lipinski definition) is 1. The normalized spacial score (nSPS) is 34.7. The van der Waals surface area contributed by atoms with Gasteiger partial charge in [0.1, 0.15) is 0 Å². The molecule has 0 amide bonds. The monoisotopic (exact) mass is 209 g/mol. The molecule has 1 rings (SSSR count). The summed E-state index contributed by atoms with van der Waals surface area (Å²) in [5, 5.41) is 19.6. The van der Waals surface area contributed by atoms with E-state index in [9.17, 15) is 10.4 Å². The van der Waals surface area contributed by atoms with Crippen LogP contribution in [0.5, 0.6) is 0 Å². The Morgan fingerprint density at radius 1 is 1.60 bits per heavy atom. The van der Waals surface area contributed by atoms with E-state index in [2.05, 4.69) is 26.8 Å². The highest BCUT2D eigenvalue weighted by Gasteiger charge is 2.45. The zero-order chi connectivity index (χ0) is 11.5. The number of aliphatic hydroxyl groups excluding tert-OH is 1. The molecule has 0 aromatic carbocycles. The van der Waals surface area contributed by atoms with E-state index in [0.717, 1.165) is 32.1 Å². The number of rotatable bonds is 4. The van der Waals surface area contributed by atoms with Crippen molar-refractivity contribution in [3.8, 4) is 6.07 Å². The van der Waals surface area contributed by atoms with Crippen molar-refractivity contribution in [2.45, 2.75) is 59.0 Å². The van der Waals surface area contributed by atoms with Gasteiger partial charge in [-0.05, 0) is 37.5 Å². The lowest BCUT2D eigenvalue weighted by molar-refractivity contribution is 0.0173.